The molecule has 0 fully saturated rings. The molecule has 0 N–H and O–H groups in total. The van der Waals surface area contributed by atoms with E-state index in [2.05, 4.69) is 15.9 Å². The van der Waals surface area contributed by atoms with Crippen LogP contribution in [0.15, 0.2) is 51.8 Å². The second kappa shape index (κ2) is 6.16. The van der Waals surface area contributed by atoms with Crippen LogP contribution in [0.2, 0.25) is 0 Å². The molecule has 0 radical (unpaired) electrons. The fourth-order valence-electron chi connectivity index (χ4n) is 1.51. The van der Waals surface area contributed by atoms with Gasteiger partial charge in [-0.25, -0.2) is 4.39 Å². The lowest BCUT2D eigenvalue weighted by atomic mass is 10.2. The zero-order valence-corrected chi connectivity index (χ0v) is 12.1. The molecule has 0 saturated carbocycles. The lowest BCUT2D eigenvalue weighted by molar-refractivity contribution is -0.387. The van der Waals surface area contributed by atoms with Gasteiger partial charge in [0.05, 0.1) is 20.4 Å². The molecule has 0 spiro atoms. The van der Waals surface area contributed by atoms with E-state index in [1.165, 1.54) is 17.8 Å². The molecule has 0 saturated heterocycles. The van der Waals surface area contributed by atoms with Crippen LogP contribution in [0.1, 0.15) is 5.56 Å². The molecule has 0 aromatic heterocycles. The van der Waals surface area contributed by atoms with Gasteiger partial charge < -0.3 is 0 Å². The van der Waals surface area contributed by atoms with Crippen molar-refractivity contribution in [3.05, 3.63) is 68.4 Å². The highest BCUT2D eigenvalue weighted by Gasteiger charge is 2.17. The molecule has 0 aliphatic heterocycles. The van der Waals surface area contributed by atoms with E-state index in [1.807, 2.05) is 30.3 Å². The van der Waals surface area contributed by atoms with E-state index in [0.29, 0.717) is 10.6 Å². The summed E-state index contributed by atoms with van der Waals surface area (Å²) in [4.78, 5) is 10.8. The van der Waals surface area contributed by atoms with E-state index in [0.717, 1.165) is 11.6 Å². The fraction of sp³-hybridized carbons (Fsp3) is 0.0769. The Hall–Kier alpha value is -1.40. The van der Waals surface area contributed by atoms with Crippen LogP contribution >= 0.6 is 27.7 Å². The van der Waals surface area contributed by atoms with Gasteiger partial charge in [-0.05, 0) is 27.6 Å². The summed E-state index contributed by atoms with van der Waals surface area (Å²) >= 11 is 4.36. The summed E-state index contributed by atoms with van der Waals surface area (Å²) in [5.41, 5.74) is 0.851. The molecule has 0 heterocycles. The molecule has 0 bridgehead atoms. The van der Waals surface area contributed by atoms with Crippen LogP contribution in [-0.2, 0) is 5.75 Å². The summed E-state index contributed by atoms with van der Waals surface area (Å²) in [6.07, 6.45) is 0. The molecule has 0 amide bonds. The average molecular weight is 342 g/mol. The first kappa shape index (κ1) is 14.0. The van der Waals surface area contributed by atoms with Crippen molar-refractivity contribution >= 4 is 33.4 Å². The highest BCUT2D eigenvalue weighted by atomic mass is 79.9. The molecule has 0 aliphatic carbocycles. The maximum Gasteiger partial charge on any atom is 0.285 e. The maximum absolute atomic E-state index is 13.3. The van der Waals surface area contributed by atoms with Crippen LogP contribution in [0.25, 0.3) is 0 Å². The van der Waals surface area contributed by atoms with Crippen molar-refractivity contribution in [2.75, 3.05) is 0 Å². The lowest BCUT2D eigenvalue weighted by Crippen LogP contribution is -1.93. The third-order valence-corrected chi connectivity index (χ3v) is 4.16. The van der Waals surface area contributed by atoms with Gasteiger partial charge in [0.25, 0.3) is 5.69 Å². The Morgan fingerprint density at radius 1 is 1.26 bits per heavy atom. The largest absolute Gasteiger partial charge is 0.285 e. The van der Waals surface area contributed by atoms with Crippen molar-refractivity contribution in [3.8, 4) is 0 Å². The molecule has 2 aromatic rings. The quantitative estimate of drug-likeness (QED) is 0.456. The Labute approximate surface area is 122 Å². The van der Waals surface area contributed by atoms with Gasteiger partial charge in [0.1, 0.15) is 5.82 Å². The number of rotatable bonds is 4. The van der Waals surface area contributed by atoms with Gasteiger partial charge >= 0.3 is 0 Å². The molecule has 98 valence electrons. The third-order valence-electron chi connectivity index (χ3n) is 2.44. The SMILES string of the molecule is O=[N+]([O-])c1cc(F)c(Br)cc1SCc1ccccc1. The van der Waals surface area contributed by atoms with E-state index >= 15 is 0 Å². The Kier molecular flexibility index (Phi) is 4.55. The van der Waals surface area contributed by atoms with Gasteiger partial charge in [-0.2, -0.15) is 0 Å². The summed E-state index contributed by atoms with van der Waals surface area (Å²) in [5, 5.41) is 10.9. The van der Waals surface area contributed by atoms with Gasteiger partial charge in [-0.3, -0.25) is 10.1 Å². The zero-order valence-electron chi connectivity index (χ0n) is 9.68. The number of thioether (sulfide) groups is 1. The van der Waals surface area contributed by atoms with Crippen molar-refractivity contribution in [3.63, 3.8) is 0 Å². The maximum atomic E-state index is 13.3. The summed E-state index contributed by atoms with van der Waals surface area (Å²) in [6.45, 7) is 0. The van der Waals surface area contributed by atoms with E-state index in [9.17, 15) is 14.5 Å². The minimum atomic E-state index is -0.629. The normalized spacial score (nSPS) is 10.4. The summed E-state index contributed by atoms with van der Waals surface area (Å²) in [6, 6.07) is 12.0. The van der Waals surface area contributed by atoms with Crippen LogP contribution in [0.3, 0.4) is 0 Å². The van der Waals surface area contributed by atoms with Gasteiger partial charge in [0.2, 0.25) is 0 Å². The monoisotopic (exact) mass is 341 g/mol. The van der Waals surface area contributed by atoms with Crippen LogP contribution in [0.4, 0.5) is 10.1 Å². The Morgan fingerprint density at radius 3 is 2.58 bits per heavy atom. The Morgan fingerprint density at radius 2 is 1.95 bits per heavy atom. The second-order valence-corrected chi connectivity index (χ2v) is 5.64. The van der Waals surface area contributed by atoms with Gasteiger partial charge in [-0.15, -0.1) is 11.8 Å². The predicted octanol–water partition coefficient (Wildman–Crippen LogP) is 4.79. The highest BCUT2D eigenvalue weighted by molar-refractivity contribution is 9.10. The van der Waals surface area contributed by atoms with Gasteiger partial charge in [-0.1, -0.05) is 30.3 Å². The summed E-state index contributed by atoms with van der Waals surface area (Å²) < 4.78 is 13.6. The minimum Gasteiger partial charge on any atom is -0.258 e. The molecule has 0 unspecified atom stereocenters. The van der Waals surface area contributed by atoms with Crippen LogP contribution in [0.5, 0.6) is 0 Å². The molecular formula is C13H9BrFNO2S. The number of nitrogens with zero attached hydrogens (tertiary/aromatic N) is 1. The highest BCUT2D eigenvalue weighted by Crippen LogP contribution is 2.35. The van der Waals surface area contributed by atoms with Gasteiger partial charge in [0, 0.05) is 5.75 Å². The molecule has 0 aliphatic rings. The number of nitro benzene ring substituents is 1. The number of hydrogen-bond acceptors (Lipinski definition) is 3. The zero-order chi connectivity index (χ0) is 13.8. The van der Waals surface area contributed by atoms with E-state index in [4.69, 9.17) is 0 Å². The average Bonchev–Trinajstić information content (AvgIpc) is 2.40. The van der Waals surface area contributed by atoms with Crippen LogP contribution in [-0.4, -0.2) is 4.92 Å². The Bertz CT molecular complexity index is 607. The molecule has 2 aromatic carbocycles. The first-order chi connectivity index (χ1) is 9.08. The van der Waals surface area contributed by atoms with E-state index < -0.39 is 10.7 Å². The van der Waals surface area contributed by atoms with Crippen molar-refractivity contribution in [1.29, 1.82) is 0 Å². The van der Waals surface area contributed by atoms with Crippen molar-refractivity contribution in [2.24, 2.45) is 0 Å². The number of halogens is 2. The fourth-order valence-corrected chi connectivity index (χ4v) is 3.00. The van der Waals surface area contributed by atoms with E-state index in [-0.39, 0.29) is 10.2 Å². The van der Waals surface area contributed by atoms with Gasteiger partial charge in [0.15, 0.2) is 0 Å². The first-order valence-corrected chi connectivity index (χ1v) is 7.16. The number of nitro groups is 1. The first-order valence-electron chi connectivity index (χ1n) is 5.38. The molecule has 6 heteroatoms. The Balaban J connectivity index is 2.24. The third kappa shape index (κ3) is 3.54. The summed E-state index contributed by atoms with van der Waals surface area (Å²) in [5.74, 6) is -0.0319. The number of benzene rings is 2. The lowest BCUT2D eigenvalue weighted by Gasteiger charge is -2.05. The summed E-state index contributed by atoms with van der Waals surface area (Å²) in [7, 11) is 0. The van der Waals surface area contributed by atoms with E-state index in [1.54, 1.807) is 0 Å². The molecule has 0 atom stereocenters. The minimum absolute atomic E-state index is 0.207. The molecular weight excluding hydrogens is 333 g/mol. The molecule has 2 rings (SSSR count). The second-order valence-electron chi connectivity index (χ2n) is 3.77. The molecule has 3 nitrogen and oxygen atoms in total. The van der Waals surface area contributed by atoms with Crippen molar-refractivity contribution < 1.29 is 9.31 Å². The number of hydrogen-bond donors (Lipinski definition) is 0. The molecule has 19 heavy (non-hydrogen) atoms. The van der Waals surface area contributed by atoms with Crippen molar-refractivity contribution in [2.45, 2.75) is 10.6 Å². The van der Waals surface area contributed by atoms with Crippen LogP contribution in [0, 0.1) is 15.9 Å². The topological polar surface area (TPSA) is 43.1 Å². The predicted molar refractivity (Wildman–Crippen MR) is 76.8 cm³/mol. The van der Waals surface area contributed by atoms with Crippen LogP contribution < -0.4 is 0 Å². The van der Waals surface area contributed by atoms with Crippen molar-refractivity contribution in [1.82, 2.24) is 0 Å². The smallest absolute Gasteiger partial charge is 0.258 e. The standard InChI is InChI=1S/C13H9BrFNO2S/c14-10-6-13(12(16(17)18)7-11(10)15)19-8-9-4-2-1-3-5-9/h1-7H,8H2.